The fourth-order valence-corrected chi connectivity index (χ4v) is 3.21. The minimum atomic E-state index is -4.36. The molecule has 0 bridgehead atoms. The molecule has 1 aromatic rings. The fraction of sp³-hybridized carbons (Fsp3) is 0.556. The summed E-state index contributed by atoms with van der Waals surface area (Å²) in [5.41, 5.74) is -0.0771. The van der Waals surface area contributed by atoms with Crippen LogP contribution in [0.5, 0.6) is 0 Å². The van der Waals surface area contributed by atoms with Crippen LogP contribution in [0, 0.1) is 17.7 Å². The molecule has 1 aromatic carbocycles. The molecule has 26 heavy (non-hydrogen) atoms. The van der Waals surface area contributed by atoms with Crippen molar-refractivity contribution in [2.45, 2.75) is 38.3 Å². The smallest absolute Gasteiger partial charge is 0.356 e. The predicted molar refractivity (Wildman–Crippen MR) is 87.9 cm³/mol. The molecule has 0 radical (unpaired) electrons. The number of rotatable bonds is 6. The number of hydrogen-bond donors (Lipinski definition) is 2. The fourth-order valence-electron chi connectivity index (χ4n) is 3.21. The van der Waals surface area contributed by atoms with Crippen molar-refractivity contribution in [1.82, 2.24) is 10.6 Å². The first-order chi connectivity index (χ1) is 12.3. The van der Waals surface area contributed by atoms with Gasteiger partial charge in [0.2, 0.25) is 5.91 Å². The summed E-state index contributed by atoms with van der Waals surface area (Å²) in [5.74, 6) is -4.42. The average Bonchev–Trinajstić information content (AvgIpc) is 2.60. The molecule has 0 unspecified atom stereocenters. The summed E-state index contributed by atoms with van der Waals surface area (Å²) in [6.45, 7) is 0.332. The van der Waals surface area contributed by atoms with Crippen molar-refractivity contribution in [3.05, 3.63) is 35.6 Å². The van der Waals surface area contributed by atoms with E-state index in [1.165, 1.54) is 18.2 Å². The molecule has 4 nitrogen and oxygen atoms in total. The second-order valence-corrected chi connectivity index (χ2v) is 6.42. The molecular weight excluding hydrogens is 352 g/mol. The maximum Gasteiger partial charge on any atom is 0.392 e. The molecule has 1 saturated carbocycles. The number of carbonyl (C=O) groups excluding carboxylic acids is 2. The first-order valence-electron chi connectivity index (χ1n) is 8.68. The number of carbonyl (C=O) groups is 2. The molecule has 0 heterocycles. The van der Waals surface area contributed by atoms with Gasteiger partial charge < -0.3 is 10.6 Å². The van der Waals surface area contributed by atoms with E-state index < -0.39 is 35.6 Å². The van der Waals surface area contributed by atoms with Gasteiger partial charge in [-0.2, -0.15) is 13.2 Å². The van der Waals surface area contributed by atoms with Crippen LogP contribution in [0.3, 0.4) is 0 Å². The van der Waals surface area contributed by atoms with E-state index in [9.17, 15) is 27.2 Å². The third-order valence-corrected chi connectivity index (χ3v) is 4.58. The standard InChI is InChI=1S/C18H22F4N2O2/c19-15-9-4-2-7-13(15)17(26)24-11-5-10-23-16(25)12-6-1-3-8-14(12)18(20,21)22/h2,4,7,9,12,14H,1,3,5-6,8,10-11H2,(H,23,25)(H,24,26)/t12-,14-/m0/s1. The topological polar surface area (TPSA) is 58.2 Å². The van der Waals surface area contributed by atoms with Crippen LogP contribution >= 0.6 is 0 Å². The van der Waals surface area contributed by atoms with Gasteiger partial charge in [0.15, 0.2) is 0 Å². The van der Waals surface area contributed by atoms with Crippen molar-refractivity contribution in [2.75, 3.05) is 13.1 Å². The third-order valence-electron chi connectivity index (χ3n) is 4.58. The zero-order valence-electron chi connectivity index (χ0n) is 14.2. The SMILES string of the molecule is O=C(NCCCNC(=O)[C@H]1CCCC[C@@H]1C(F)(F)F)c1ccccc1F. The zero-order chi connectivity index (χ0) is 19.2. The van der Waals surface area contributed by atoms with Gasteiger partial charge in [0.05, 0.1) is 11.5 Å². The lowest BCUT2D eigenvalue weighted by atomic mass is 9.78. The van der Waals surface area contributed by atoms with Gasteiger partial charge in [0.25, 0.3) is 5.91 Å². The highest BCUT2D eigenvalue weighted by Gasteiger charge is 2.47. The van der Waals surface area contributed by atoms with Gasteiger partial charge in [-0.1, -0.05) is 25.0 Å². The van der Waals surface area contributed by atoms with Crippen molar-refractivity contribution >= 4 is 11.8 Å². The molecule has 1 aliphatic carbocycles. The molecule has 2 atom stereocenters. The van der Waals surface area contributed by atoms with Crippen molar-refractivity contribution in [1.29, 1.82) is 0 Å². The van der Waals surface area contributed by atoms with E-state index >= 15 is 0 Å². The van der Waals surface area contributed by atoms with Crippen molar-refractivity contribution in [3.63, 3.8) is 0 Å². The van der Waals surface area contributed by atoms with Crippen LogP contribution in [0.15, 0.2) is 24.3 Å². The Labute approximate surface area is 149 Å². The van der Waals surface area contributed by atoms with Crippen LogP contribution in [-0.2, 0) is 4.79 Å². The number of hydrogen-bond acceptors (Lipinski definition) is 2. The molecule has 0 aromatic heterocycles. The van der Waals surface area contributed by atoms with E-state index in [-0.39, 0.29) is 31.5 Å². The van der Waals surface area contributed by atoms with Crippen molar-refractivity contribution in [2.24, 2.45) is 11.8 Å². The van der Waals surface area contributed by atoms with Crippen molar-refractivity contribution in [3.8, 4) is 0 Å². The van der Waals surface area contributed by atoms with E-state index in [0.717, 1.165) is 0 Å². The summed E-state index contributed by atoms with van der Waals surface area (Å²) in [4.78, 5) is 23.9. The first kappa shape index (κ1) is 20.2. The second kappa shape index (κ2) is 9.00. The number of alkyl halides is 3. The Morgan fingerprint density at radius 3 is 2.38 bits per heavy atom. The largest absolute Gasteiger partial charge is 0.392 e. The Hall–Kier alpha value is -2.12. The van der Waals surface area contributed by atoms with Crippen LogP contribution in [0.4, 0.5) is 17.6 Å². The normalized spacial score (nSPS) is 20.5. The summed E-state index contributed by atoms with van der Waals surface area (Å²) < 4.78 is 52.5. The Bertz CT molecular complexity index is 634. The Balaban J connectivity index is 1.73. The van der Waals surface area contributed by atoms with Gasteiger partial charge in [0.1, 0.15) is 5.82 Å². The molecule has 8 heteroatoms. The molecule has 0 spiro atoms. The molecule has 144 valence electrons. The van der Waals surface area contributed by atoms with Crippen LogP contribution in [0.2, 0.25) is 0 Å². The lowest BCUT2D eigenvalue weighted by Gasteiger charge is -2.32. The number of halogens is 4. The minimum absolute atomic E-state index is 0.0136. The maximum atomic E-state index is 13.5. The van der Waals surface area contributed by atoms with E-state index in [1.807, 2.05) is 0 Å². The highest BCUT2D eigenvalue weighted by Crippen LogP contribution is 2.41. The lowest BCUT2D eigenvalue weighted by Crippen LogP contribution is -2.43. The maximum absolute atomic E-state index is 13.5. The van der Waals surface area contributed by atoms with E-state index in [4.69, 9.17) is 0 Å². The quantitative estimate of drug-likeness (QED) is 0.592. The second-order valence-electron chi connectivity index (χ2n) is 6.42. The van der Waals surface area contributed by atoms with Gasteiger partial charge in [-0.05, 0) is 31.4 Å². The molecule has 1 aliphatic rings. The minimum Gasteiger partial charge on any atom is -0.356 e. The molecule has 0 aliphatic heterocycles. The van der Waals surface area contributed by atoms with Gasteiger partial charge >= 0.3 is 6.18 Å². The first-order valence-corrected chi connectivity index (χ1v) is 8.68. The van der Waals surface area contributed by atoms with Crippen LogP contribution < -0.4 is 10.6 Å². The zero-order valence-corrected chi connectivity index (χ0v) is 14.2. The van der Waals surface area contributed by atoms with Gasteiger partial charge in [-0.3, -0.25) is 9.59 Å². The summed E-state index contributed by atoms with van der Waals surface area (Å²) in [6.07, 6.45) is -2.70. The summed E-state index contributed by atoms with van der Waals surface area (Å²) in [7, 11) is 0. The Morgan fingerprint density at radius 1 is 1.04 bits per heavy atom. The molecule has 2 rings (SSSR count). The third kappa shape index (κ3) is 5.44. The van der Waals surface area contributed by atoms with Gasteiger partial charge in [-0.25, -0.2) is 4.39 Å². The highest BCUT2D eigenvalue weighted by atomic mass is 19.4. The van der Waals surface area contributed by atoms with Crippen molar-refractivity contribution < 1.29 is 27.2 Å². The summed E-state index contributed by atoms with van der Waals surface area (Å²) in [6, 6.07) is 5.55. The number of benzene rings is 1. The Kier molecular flexibility index (Phi) is 6.99. The predicted octanol–water partition coefficient (Wildman–Crippen LogP) is 3.43. The van der Waals surface area contributed by atoms with E-state index in [1.54, 1.807) is 6.07 Å². The van der Waals surface area contributed by atoms with Crippen LogP contribution in [0.25, 0.3) is 0 Å². The molecule has 0 saturated heterocycles. The monoisotopic (exact) mass is 374 g/mol. The Morgan fingerprint density at radius 2 is 1.69 bits per heavy atom. The molecule has 2 amide bonds. The number of nitrogens with one attached hydrogen (secondary N) is 2. The van der Waals surface area contributed by atoms with Crippen LogP contribution in [-0.4, -0.2) is 31.1 Å². The van der Waals surface area contributed by atoms with E-state index in [0.29, 0.717) is 19.3 Å². The number of amides is 2. The summed E-state index contributed by atoms with van der Waals surface area (Å²) in [5, 5.41) is 5.03. The van der Waals surface area contributed by atoms with Gasteiger partial charge in [0, 0.05) is 19.0 Å². The highest BCUT2D eigenvalue weighted by molar-refractivity contribution is 5.94. The van der Waals surface area contributed by atoms with Crippen LogP contribution in [0.1, 0.15) is 42.5 Å². The summed E-state index contributed by atoms with van der Waals surface area (Å²) >= 11 is 0. The molecule has 2 N–H and O–H groups in total. The lowest BCUT2D eigenvalue weighted by molar-refractivity contribution is -0.198. The molecular formula is C18H22F4N2O2. The molecule has 1 fully saturated rings. The average molecular weight is 374 g/mol. The van der Waals surface area contributed by atoms with E-state index in [2.05, 4.69) is 10.6 Å². The van der Waals surface area contributed by atoms with Gasteiger partial charge in [-0.15, -0.1) is 0 Å².